The van der Waals surface area contributed by atoms with Crippen LogP contribution in [0.15, 0.2) is 33.9 Å². The monoisotopic (exact) mass is 477 g/mol. The molecule has 2 aliphatic rings. The molecule has 2 aliphatic heterocycles. The smallest absolute Gasteiger partial charge is 0.303 e. The molecule has 1 aromatic heterocycles. The molecule has 2 aromatic rings. The van der Waals surface area contributed by atoms with Crippen LogP contribution in [0.2, 0.25) is 0 Å². The second-order valence-electron chi connectivity index (χ2n) is 7.30. The van der Waals surface area contributed by atoms with Crippen molar-refractivity contribution in [1.29, 1.82) is 0 Å². The molecule has 0 atom stereocenters. The molecule has 0 bridgehead atoms. The van der Waals surface area contributed by atoms with Crippen LogP contribution in [0.1, 0.15) is 22.5 Å². The zero-order valence-electron chi connectivity index (χ0n) is 16.7. The first-order valence-electron chi connectivity index (χ1n) is 9.88. The van der Waals surface area contributed by atoms with Gasteiger partial charge < -0.3 is 9.64 Å². The van der Waals surface area contributed by atoms with Gasteiger partial charge in [0, 0.05) is 39.8 Å². The van der Waals surface area contributed by atoms with Gasteiger partial charge in [-0.15, -0.1) is 0 Å². The fourth-order valence-corrected chi connectivity index (χ4v) is 3.87. The van der Waals surface area contributed by atoms with Crippen molar-refractivity contribution in [2.45, 2.75) is 13.0 Å². The summed E-state index contributed by atoms with van der Waals surface area (Å²) in [6.07, 6.45) is 0.880. The van der Waals surface area contributed by atoms with E-state index < -0.39 is 5.91 Å². The Balaban J connectivity index is 1.53. The van der Waals surface area contributed by atoms with E-state index in [4.69, 9.17) is 4.74 Å². The first-order valence-corrected chi connectivity index (χ1v) is 10.7. The van der Waals surface area contributed by atoms with Gasteiger partial charge >= 0.3 is 5.91 Å². The normalized spacial score (nSPS) is 16.8. The molecular formula is C20H23BrFN6O2. The van der Waals surface area contributed by atoms with Crippen LogP contribution in [0.25, 0.3) is 0 Å². The van der Waals surface area contributed by atoms with Gasteiger partial charge in [-0.1, -0.05) is 12.1 Å². The van der Waals surface area contributed by atoms with Crippen molar-refractivity contribution < 1.29 is 13.9 Å². The van der Waals surface area contributed by atoms with E-state index in [2.05, 4.69) is 36.2 Å². The summed E-state index contributed by atoms with van der Waals surface area (Å²) in [5, 5.41) is 8.37. The number of rotatable bonds is 6. The van der Waals surface area contributed by atoms with Crippen molar-refractivity contribution in [2.24, 2.45) is 12.0 Å². The Morgan fingerprint density at radius 2 is 1.97 bits per heavy atom. The highest BCUT2D eigenvalue weighted by Gasteiger charge is 2.30. The minimum Gasteiger partial charge on any atom is -0.379 e. The van der Waals surface area contributed by atoms with Crippen LogP contribution in [0.4, 0.5) is 10.1 Å². The Labute approximate surface area is 182 Å². The summed E-state index contributed by atoms with van der Waals surface area (Å²) in [5.74, 6) is -0.336. The molecule has 0 N–H and O–H groups in total. The molecule has 1 saturated heterocycles. The quantitative estimate of drug-likeness (QED) is 0.637. The summed E-state index contributed by atoms with van der Waals surface area (Å²) in [6, 6.07) is 6.34. The minimum absolute atomic E-state index is 0.239. The first kappa shape index (κ1) is 21.0. The lowest BCUT2D eigenvalue weighted by Gasteiger charge is -2.29. The van der Waals surface area contributed by atoms with Crippen molar-refractivity contribution in [3.05, 3.63) is 45.9 Å². The van der Waals surface area contributed by atoms with Crippen LogP contribution < -0.4 is 5.32 Å². The lowest BCUT2D eigenvalue weighted by atomic mass is 10.2. The lowest BCUT2D eigenvalue weighted by Crippen LogP contribution is -2.43. The Morgan fingerprint density at radius 3 is 2.70 bits per heavy atom. The maximum atomic E-state index is 13.3. The fourth-order valence-electron chi connectivity index (χ4n) is 3.52. The van der Waals surface area contributed by atoms with Gasteiger partial charge in [-0.25, -0.2) is 9.38 Å². The number of halogens is 2. The number of guanidine groups is 1. The van der Waals surface area contributed by atoms with Crippen LogP contribution in [-0.4, -0.2) is 70.8 Å². The van der Waals surface area contributed by atoms with Gasteiger partial charge in [-0.05, 0) is 40.0 Å². The Kier molecular flexibility index (Phi) is 6.45. The number of aryl methyl sites for hydroxylation is 1. The maximum absolute atomic E-state index is 13.3. The summed E-state index contributed by atoms with van der Waals surface area (Å²) in [7, 11) is 1.74. The number of morpholine rings is 1. The van der Waals surface area contributed by atoms with E-state index in [9.17, 15) is 9.18 Å². The molecule has 0 saturated carbocycles. The predicted octanol–water partition coefficient (Wildman–Crippen LogP) is 2.29. The number of hydrogen-bond donors (Lipinski definition) is 0. The van der Waals surface area contributed by atoms with E-state index in [0.29, 0.717) is 29.3 Å². The molecule has 0 aliphatic carbocycles. The number of aliphatic imine (C=N–C) groups is 1. The number of ether oxygens (including phenoxy) is 1. The number of benzene rings is 1. The Morgan fingerprint density at radius 1 is 1.23 bits per heavy atom. The highest BCUT2D eigenvalue weighted by atomic mass is 79.9. The van der Waals surface area contributed by atoms with E-state index in [1.165, 1.54) is 12.1 Å². The van der Waals surface area contributed by atoms with Crippen molar-refractivity contribution >= 4 is 33.5 Å². The number of carbonyl (C=O) groups excluding carboxylic acids is 1. The number of nitrogens with zero attached hydrogens (tertiary/aromatic N) is 6. The van der Waals surface area contributed by atoms with Gasteiger partial charge in [-0.3, -0.25) is 14.4 Å². The van der Waals surface area contributed by atoms with Crippen molar-refractivity contribution in [3.8, 4) is 0 Å². The van der Waals surface area contributed by atoms with Gasteiger partial charge in [0.2, 0.25) is 5.96 Å². The Bertz CT molecular complexity index is 940. The molecule has 1 fully saturated rings. The highest BCUT2D eigenvalue weighted by Crippen LogP contribution is 2.31. The van der Waals surface area contributed by atoms with E-state index in [1.54, 1.807) is 23.9 Å². The number of hydrogen-bond acceptors (Lipinski definition) is 6. The van der Waals surface area contributed by atoms with Gasteiger partial charge in [0.1, 0.15) is 16.1 Å². The number of amides is 1. The van der Waals surface area contributed by atoms with Crippen molar-refractivity contribution in [1.82, 2.24) is 24.9 Å². The largest absolute Gasteiger partial charge is 0.379 e. The molecule has 159 valence electrons. The molecular weight excluding hydrogens is 455 g/mol. The SMILES string of the molecule is Cn1nc2c(c1Br)N=C(N(CCCN1CCOCC1)Cc1ccc(F)cc1)[N]C2=O. The van der Waals surface area contributed by atoms with Gasteiger partial charge in [0.05, 0.1) is 13.2 Å². The second-order valence-corrected chi connectivity index (χ2v) is 8.05. The van der Waals surface area contributed by atoms with E-state index >= 15 is 0 Å². The third-order valence-corrected chi connectivity index (χ3v) is 6.03. The summed E-state index contributed by atoms with van der Waals surface area (Å²) in [6.45, 7) is 5.43. The maximum Gasteiger partial charge on any atom is 0.303 e. The third-order valence-electron chi connectivity index (χ3n) is 5.15. The topological polar surface area (TPSA) is 77.1 Å². The molecule has 30 heavy (non-hydrogen) atoms. The van der Waals surface area contributed by atoms with E-state index in [1.807, 2.05) is 4.90 Å². The highest BCUT2D eigenvalue weighted by molar-refractivity contribution is 9.10. The van der Waals surface area contributed by atoms with Crippen LogP contribution >= 0.6 is 15.9 Å². The molecule has 10 heteroatoms. The molecule has 1 amide bonds. The van der Waals surface area contributed by atoms with Gasteiger partial charge in [0.15, 0.2) is 5.69 Å². The average Bonchev–Trinajstić information content (AvgIpc) is 3.04. The van der Waals surface area contributed by atoms with Crippen LogP contribution in [0.3, 0.4) is 0 Å². The predicted molar refractivity (Wildman–Crippen MR) is 113 cm³/mol. The minimum atomic E-state index is -0.409. The van der Waals surface area contributed by atoms with E-state index in [0.717, 1.165) is 44.8 Å². The number of fused-ring (bicyclic) bond motifs is 1. The molecule has 1 radical (unpaired) electrons. The van der Waals surface area contributed by atoms with Crippen molar-refractivity contribution in [3.63, 3.8) is 0 Å². The Hall–Kier alpha value is -2.30. The third kappa shape index (κ3) is 4.71. The molecule has 4 rings (SSSR count). The molecule has 0 spiro atoms. The zero-order chi connectivity index (χ0) is 21.1. The van der Waals surface area contributed by atoms with Crippen LogP contribution in [0.5, 0.6) is 0 Å². The van der Waals surface area contributed by atoms with Crippen molar-refractivity contribution in [2.75, 3.05) is 39.4 Å². The summed E-state index contributed by atoms with van der Waals surface area (Å²) in [5.41, 5.74) is 1.65. The molecule has 3 heterocycles. The van der Waals surface area contributed by atoms with Crippen LogP contribution in [0, 0.1) is 5.82 Å². The fraction of sp³-hybridized carbons (Fsp3) is 0.450. The molecule has 8 nitrogen and oxygen atoms in total. The lowest BCUT2D eigenvalue weighted by molar-refractivity contribution is 0.0367. The summed E-state index contributed by atoms with van der Waals surface area (Å²) < 4.78 is 20.9. The van der Waals surface area contributed by atoms with Gasteiger partial charge in [-0.2, -0.15) is 10.4 Å². The molecule has 0 unspecified atom stereocenters. The summed E-state index contributed by atoms with van der Waals surface area (Å²) in [4.78, 5) is 21.5. The molecule has 1 aromatic carbocycles. The van der Waals surface area contributed by atoms with E-state index in [-0.39, 0.29) is 11.5 Å². The summed E-state index contributed by atoms with van der Waals surface area (Å²) >= 11 is 3.44. The number of aromatic nitrogens is 2. The zero-order valence-corrected chi connectivity index (χ0v) is 18.3. The van der Waals surface area contributed by atoms with Crippen LogP contribution in [-0.2, 0) is 18.3 Å². The second kappa shape index (κ2) is 9.23. The standard InChI is InChI=1S/C20H23BrFN6O2/c1-26-18(21)16-17(25-26)19(29)24-20(23-16)28(13-14-3-5-15(22)6-4-14)8-2-7-27-9-11-30-12-10-27/h3-6H,2,7-13H2,1H3. The van der Waals surface area contributed by atoms with Gasteiger partial charge in [0.25, 0.3) is 0 Å². The first-order chi connectivity index (χ1) is 14.5. The average molecular weight is 478 g/mol. The number of carbonyl (C=O) groups is 1.